The van der Waals surface area contributed by atoms with Gasteiger partial charge in [0, 0.05) is 30.3 Å². The van der Waals surface area contributed by atoms with Crippen molar-refractivity contribution in [2.45, 2.75) is 17.7 Å². The molecule has 0 fully saturated rings. The van der Waals surface area contributed by atoms with E-state index in [0.717, 1.165) is 11.8 Å². The third-order valence-electron chi connectivity index (χ3n) is 4.07. The van der Waals surface area contributed by atoms with E-state index in [1.165, 1.54) is 36.5 Å². The number of hydrogen-bond donors (Lipinski definition) is 0. The van der Waals surface area contributed by atoms with Gasteiger partial charge < -0.3 is 14.3 Å². The van der Waals surface area contributed by atoms with E-state index < -0.39 is 10.0 Å². The van der Waals surface area contributed by atoms with E-state index in [1.54, 1.807) is 24.4 Å². The number of fused-ring (bicyclic) bond motifs is 1. The number of aldehydes is 1. The number of ether oxygens (including phenoxy) is 2. The highest BCUT2D eigenvalue weighted by molar-refractivity contribution is 7.90. The lowest BCUT2D eigenvalue weighted by atomic mass is 10.1. The predicted molar refractivity (Wildman–Crippen MR) is 96.2 cm³/mol. The Balaban J connectivity index is 2.19. The topological polar surface area (TPSA) is 87.5 Å². The Kier molecular flexibility index (Phi) is 4.94. The van der Waals surface area contributed by atoms with E-state index >= 15 is 0 Å². The molecule has 26 heavy (non-hydrogen) atoms. The van der Waals surface area contributed by atoms with Crippen molar-refractivity contribution < 1.29 is 22.7 Å². The molecule has 3 rings (SSSR count). The van der Waals surface area contributed by atoms with Gasteiger partial charge in [-0.2, -0.15) is 0 Å². The van der Waals surface area contributed by atoms with Gasteiger partial charge in [0.2, 0.25) is 5.88 Å². The Hall–Kier alpha value is -2.87. The van der Waals surface area contributed by atoms with E-state index in [-0.39, 0.29) is 4.90 Å². The molecule has 2 heterocycles. The number of carbonyl (C=O) groups excluding carboxylic acids is 1. The van der Waals surface area contributed by atoms with Gasteiger partial charge in [0.15, 0.2) is 0 Å². The summed E-state index contributed by atoms with van der Waals surface area (Å²) in [5.41, 5.74) is 1.19. The van der Waals surface area contributed by atoms with Crippen LogP contribution in [0.25, 0.3) is 10.9 Å². The molecule has 0 unspecified atom stereocenters. The minimum atomic E-state index is -3.83. The molecule has 0 N–H and O–H groups in total. The summed E-state index contributed by atoms with van der Waals surface area (Å²) in [5, 5.41) is 0.671. The van der Waals surface area contributed by atoms with Crippen molar-refractivity contribution >= 4 is 27.2 Å². The first kappa shape index (κ1) is 17.9. The number of benzene rings is 1. The number of pyridine rings is 1. The molecule has 3 aromatic rings. The zero-order valence-corrected chi connectivity index (χ0v) is 15.2. The van der Waals surface area contributed by atoms with Gasteiger partial charge in [-0.05, 0) is 36.2 Å². The summed E-state index contributed by atoms with van der Waals surface area (Å²) in [7, 11) is -0.850. The van der Waals surface area contributed by atoms with Gasteiger partial charge in [-0.3, -0.25) is 0 Å². The van der Waals surface area contributed by atoms with Crippen LogP contribution in [0.3, 0.4) is 0 Å². The summed E-state index contributed by atoms with van der Waals surface area (Å²) in [6.45, 7) is 0. The third-order valence-corrected chi connectivity index (χ3v) is 5.76. The summed E-state index contributed by atoms with van der Waals surface area (Å²) in [4.78, 5) is 15.0. The van der Waals surface area contributed by atoms with Gasteiger partial charge in [0.25, 0.3) is 10.0 Å². The number of rotatable bonds is 7. The smallest absolute Gasteiger partial charge is 0.268 e. The molecule has 0 atom stereocenters. The van der Waals surface area contributed by atoms with Crippen molar-refractivity contribution in [3.8, 4) is 11.6 Å². The Morgan fingerprint density at radius 1 is 1.15 bits per heavy atom. The second-order valence-corrected chi connectivity index (χ2v) is 7.39. The van der Waals surface area contributed by atoms with Gasteiger partial charge in [0.1, 0.15) is 12.0 Å². The first-order chi connectivity index (χ1) is 12.5. The summed E-state index contributed by atoms with van der Waals surface area (Å²) in [5.74, 6) is 0.877. The van der Waals surface area contributed by atoms with Crippen molar-refractivity contribution in [2.24, 2.45) is 0 Å². The van der Waals surface area contributed by atoms with Crippen LogP contribution >= 0.6 is 0 Å². The van der Waals surface area contributed by atoms with Gasteiger partial charge in [-0.25, -0.2) is 17.4 Å². The molecule has 7 nitrogen and oxygen atoms in total. The Morgan fingerprint density at radius 2 is 1.88 bits per heavy atom. The number of aromatic nitrogens is 2. The van der Waals surface area contributed by atoms with Crippen LogP contribution in [0.15, 0.2) is 47.6 Å². The molecule has 0 aliphatic carbocycles. The zero-order chi connectivity index (χ0) is 18.7. The van der Waals surface area contributed by atoms with Crippen molar-refractivity contribution in [1.29, 1.82) is 0 Å². The normalized spacial score (nSPS) is 11.5. The highest BCUT2D eigenvalue weighted by atomic mass is 32.2. The third kappa shape index (κ3) is 3.15. The molecule has 0 bridgehead atoms. The average Bonchev–Trinajstić information content (AvgIpc) is 3.04. The highest BCUT2D eigenvalue weighted by Crippen LogP contribution is 2.29. The van der Waals surface area contributed by atoms with Crippen LogP contribution in [-0.2, 0) is 21.2 Å². The second kappa shape index (κ2) is 7.17. The van der Waals surface area contributed by atoms with Gasteiger partial charge in [-0.1, -0.05) is 0 Å². The highest BCUT2D eigenvalue weighted by Gasteiger charge is 2.22. The van der Waals surface area contributed by atoms with Crippen LogP contribution in [0.1, 0.15) is 12.0 Å². The van der Waals surface area contributed by atoms with Gasteiger partial charge in [0.05, 0.1) is 24.6 Å². The number of nitrogens with zero attached hydrogens (tertiary/aromatic N) is 2. The maximum atomic E-state index is 13.1. The molecule has 0 aliphatic rings. The molecule has 0 saturated heterocycles. The van der Waals surface area contributed by atoms with E-state index in [4.69, 9.17) is 9.47 Å². The minimum Gasteiger partial charge on any atom is -0.497 e. The first-order valence-electron chi connectivity index (χ1n) is 7.88. The minimum absolute atomic E-state index is 0.132. The summed E-state index contributed by atoms with van der Waals surface area (Å²) >= 11 is 0. The molecule has 136 valence electrons. The Bertz CT molecular complexity index is 1040. The zero-order valence-electron chi connectivity index (χ0n) is 14.4. The molecule has 0 aliphatic heterocycles. The quantitative estimate of drug-likeness (QED) is 0.590. The van der Waals surface area contributed by atoms with Crippen molar-refractivity contribution in [3.05, 3.63) is 48.3 Å². The Morgan fingerprint density at radius 3 is 2.50 bits per heavy atom. The lowest BCUT2D eigenvalue weighted by Crippen LogP contribution is -2.12. The standard InChI is InChI=1S/C18H18N2O5S/c1-24-14-5-7-15(8-6-14)26(22,23)20-12-13(4-3-9-21)16-11-19-18(25-2)10-17(16)20/h5-12H,3-4H2,1-2H3. The second-order valence-electron chi connectivity index (χ2n) is 5.58. The van der Waals surface area contributed by atoms with E-state index in [2.05, 4.69) is 4.98 Å². The number of hydrogen-bond acceptors (Lipinski definition) is 6. The first-order valence-corrected chi connectivity index (χ1v) is 9.32. The number of aryl methyl sites for hydroxylation is 1. The van der Waals surface area contributed by atoms with Crippen LogP contribution in [-0.4, -0.2) is 37.9 Å². The molecule has 0 saturated carbocycles. The largest absolute Gasteiger partial charge is 0.497 e. The molecular formula is C18H18N2O5S. The van der Waals surface area contributed by atoms with Crippen LogP contribution in [0.4, 0.5) is 0 Å². The SMILES string of the molecule is COc1ccc(S(=O)(=O)n2cc(CCC=O)c3cnc(OC)cc32)cc1. The summed E-state index contributed by atoms with van der Waals surface area (Å²) in [6.07, 6.45) is 4.63. The van der Waals surface area contributed by atoms with Gasteiger partial charge in [-0.15, -0.1) is 0 Å². The van der Waals surface area contributed by atoms with Crippen LogP contribution in [0, 0.1) is 0 Å². The fraction of sp³-hybridized carbons (Fsp3) is 0.222. The maximum Gasteiger partial charge on any atom is 0.268 e. The molecule has 2 aromatic heterocycles. The Labute approximate surface area is 151 Å². The summed E-state index contributed by atoms with van der Waals surface area (Å²) in [6, 6.07) is 7.73. The monoisotopic (exact) mass is 374 g/mol. The van der Waals surface area contributed by atoms with Crippen LogP contribution < -0.4 is 9.47 Å². The van der Waals surface area contributed by atoms with Gasteiger partial charge >= 0.3 is 0 Å². The molecule has 1 aromatic carbocycles. The van der Waals surface area contributed by atoms with E-state index in [0.29, 0.717) is 35.4 Å². The molecular weight excluding hydrogens is 356 g/mol. The lowest BCUT2D eigenvalue weighted by Gasteiger charge is -2.09. The van der Waals surface area contributed by atoms with E-state index in [1.807, 2.05) is 0 Å². The molecule has 0 radical (unpaired) electrons. The summed E-state index contributed by atoms with van der Waals surface area (Å²) < 4.78 is 37.7. The van der Waals surface area contributed by atoms with Crippen LogP contribution in [0.5, 0.6) is 11.6 Å². The van der Waals surface area contributed by atoms with Crippen molar-refractivity contribution in [3.63, 3.8) is 0 Å². The van der Waals surface area contributed by atoms with Crippen molar-refractivity contribution in [2.75, 3.05) is 14.2 Å². The fourth-order valence-corrected chi connectivity index (χ4v) is 4.11. The van der Waals surface area contributed by atoms with Crippen molar-refractivity contribution in [1.82, 2.24) is 8.96 Å². The molecule has 8 heteroatoms. The van der Waals surface area contributed by atoms with E-state index in [9.17, 15) is 13.2 Å². The number of carbonyl (C=O) groups is 1. The molecule has 0 amide bonds. The predicted octanol–water partition coefficient (Wildman–Crippen LogP) is 2.42. The average molecular weight is 374 g/mol. The molecule has 0 spiro atoms. The lowest BCUT2D eigenvalue weighted by molar-refractivity contribution is -0.107. The van der Waals surface area contributed by atoms with Crippen LogP contribution in [0.2, 0.25) is 0 Å². The fourth-order valence-electron chi connectivity index (χ4n) is 2.72. The number of methoxy groups -OCH3 is 2. The maximum absolute atomic E-state index is 13.1.